The molecule has 1 aliphatic heterocycles. The molecule has 1 atom stereocenters. The molecule has 1 fully saturated rings. The van der Waals surface area contributed by atoms with Crippen LogP contribution >= 0.6 is 0 Å². The first-order chi connectivity index (χ1) is 9.35. The predicted octanol–water partition coefficient (Wildman–Crippen LogP) is 2.16. The molecular weight excluding hydrogens is 240 g/mol. The van der Waals surface area contributed by atoms with Gasteiger partial charge in [0.15, 0.2) is 0 Å². The number of rotatable bonds is 4. The minimum atomic E-state index is 0.282. The average molecular weight is 258 g/mol. The lowest BCUT2D eigenvalue weighted by molar-refractivity contribution is 0.219. The lowest BCUT2D eigenvalue weighted by atomic mass is 10.1. The fourth-order valence-corrected chi connectivity index (χ4v) is 2.53. The van der Waals surface area contributed by atoms with Gasteiger partial charge in [0.1, 0.15) is 6.26 Å². The summed E-state index contributed by atoms with van der Waals surface area (Å²) in [6.45, 7) is 3.06. The predicted molar refractivity (Wildman–Crippen MR) is 72.4 cm³/mol. The van der Waals surface area contributed by atoms with Crippen LogP contribution in [0.1, 0.15) is 12.1 Å². The average Bonchev–Trinajstić information content (AvgIpc) is 3.09. The van der Waals surface area contributed by atoms with Crippen molar-refractivity contribution in [3.05, 3.63) is 42.3 Å². The maximum atomic E-state index is 9.14. The van der Waals surface area contributed by atoms with E-state index >= 15 is 0 Å². The summed E-state index contributed by atoms with van der Waals surface area (Å²) in [4.78, 5) is 6.84. The van der Waals surface area contributed by atoms with E-state index in [0.29, 0.717) is 11.8 Å². The quantitative estimate of drug-likeness (QED) is 0.913. The first kappa shape index (κ1) is 12.4. The fraction of sp³-hybridized carbons (Fsp3) is 0.400. The molecule has 100 valence electrons. The monoisotopic (exact) mass is 258 g/mol. The van der Waals surface area contributed by atoms with Crippen LogP contribution < -0.4 is 0 Å². The Balaban J connectivity index is 1.66. The van der Waals surface area contributed by atoms with E-state index in [4.69, 9.17) is 9.52 Å². The van der Waals surface area contributed by atoms with Crippen LogP contribution in [0.5, 0.6) is 0 Å². The number of aromatic nitrogens is 1. The summed E-state index contributed by atoms with van der Waals surface area (Å²) >= 11 is 0. The number of likely N-dealkylation sites (tertiary alicyclic amines) is 1. The van der Waals surface area contributed by atoms with Crippen LogP contribution in [0.15, 0.2) is 41.0 Å². The molecule has 2 heterocycles. The minimum Gasteiger partial charge on any atom is -0.444 e. The zero-order valence-corrected chi connectivity index (χ0v) is 10.8. The number of hydrogen-bond donors (Lipinski definition) is 1. The van der Waals surface area contributed by atoms with E-state index in [1.807, 2.05) is 30.3 Å². The van der Waals surface area contributed by atoms with Crippen molar-refractivity contribution in [2.45, 2.75) is 13.0 Å². The van der Waals surface area contributed by atoms with E-state index in [9.17, 15) is 0 Å². The normalized spacial score (nSPS) is 19.9. The highest BCUT2D eigenvalue weighted by atomic mass is 16.3. The van der Waals surface area contributed by atoms with E-state index in [1.165, 1.54) is 0 Å². The maximum absolute atomic E-state index is 9.14. The number of hydrogen-bond acceptors (Lipinski definition) is 4. The van der Waals surface area contributed by atoms with Gasteiger partial charge in [-0.25, -0.2) is 4.98 Å². The van der Waals surface area contributed by atoms with Crippen molar-refractivity contribution >= 4 is 0 Å². The first-order valence-electron chi connectivity index (χ1n) is 6.68. The van der Waals surface area contributed by atoms with Crippen LogP contribution in [0.2, 0.25) is 0 Å². The van der Waals surface area contributed by atoms with E-state index in [2.05, 4.69) is 9.88 Å². The molecule has 0 radical (unpaired) electrons. The Morgan fingerprint density at radius 1 is 1.32 bits per heavy atom. The summed E-state index contributed by atoms with van der Waals surface area (Å²) in [7, 11) is 0. The van der Waals surface area contributed by atoms with Crippen molar-refractivity contribution in [1.29, 1.82) is 0 Å². The fourth-order valence-electron chi connectivity index (χ4n) is 2.53. The van der Waals surface area contributed by atoms with Gasteiger partial charge in [0.25, 0.3) is 0 Å². The topological polar surface area (TPSA) is 49.5 Å². The lowest BCUT2D eigenvalue weighted by Crippen LogP contribution is -2.21. The van der Waals surface area contributed by atoms with Crippen molar-refractivity contribution in [2.75, 3.05) is 19.7 Å². The largest absolute Gasteiger partial charge is 0.444 e. The Kier molecular flexibility index (Phi) is 3.62. The van der Waals surface area contributed by atoms with Gasteiger partial charge in [-0.15, -0.1) is 0 Å². The highest BCUT2D eigenvalue weighted by Crippen LogP contribution is 2.21. The molecule has 0 bridgehead atoms. The van der Waals surface area contributed by atoms with Crippen LogP contribution in [0.3, 0.4) is 0 Å². The van der Waals surface area contributed by atoms with Gasteiger partial charge in [0.05, 0.1) is 5.69 Å². The summed E-state index contributed by atoms with van der Waals surface area (Å²) in [6, 6.07) is 9.92. The standard InChI is InChI=1S/C15H18N2O2/c18-10-12-6-7-17(8-12)9-14-11-19-15(16-14)13-4-2-1-3-5-13/h1-5,11-12,18H,6-10H2. The smallest absolute Gasteiger partial charge is 0.226 e. The van der Waals surface area contributed by atoms with Crippen LogP contribution in [0, 0.1) is 5.92 Å². The number of benzene rings is 1. The summed E-state index contributed by atoms with van der Waals surface area (Å²) in [6.07, 6.45) is 2.80. The molecule has 0 spiro atoms. The Morgan fingerprint density at radius 2 is 2.16 bits per heavy atom. The van der Waals surface area contributed by atoms with Crippen molar-refractivity contribution in [3.63, 3.8) is 0 Å². The summed E-state index contributed by atoms with van der Waals surface area (Å²) in [5.41, 5.74) is 1.96. The van der Waals surface area contributed by atoms with Crippen LogP contribution in [-0.2, 0) is 6.54 Å². The van der Waals surface area contributed by atoms with Crippen molar-refractivity contribution in [2.24, 2.45) is 5.92 Å². The molecule has 1 unspecified atom stereocenters. The SMILES string of the molecule is OCC1CCN(Cc2coc(-c3ccccc3)n2)C1. The molecule has 4 nitrogen and oxygen atoms in total. The molecule has 1 aromatic carbocycles. The van der Waals surface area contributed by atoms with Gasteiger partial charge in [0.2, 0.25) is 5.89 Å². The Bertz CT molecular complexity index is 524. The molecule has 1 aliphatic rings. The van der Waals surface area contributed by atoms with E-state index < -0.39 is 0 Å². The third-order valence-electron chi connectivity index (χ3n) is 3.59. The highest BCUT2D eigenvalue weighted by molar-refractivity contribution is 5.52. The molecular formula is C15H18N2O2. The lowest BCUT2D eigenvalue weighted by Gasteiger charge is -2.12. The van der Waals surface area contributed by atoms with Crippen LogP contribution in [-0.4, -0.2) is 34.7 Å². The van der Waals surface area contributed by atoms with Gasteiger partial charge in [0, 0.05) is 25.3 Å². The highest BCUT2D eigenvalue weighted by Gasteiger charge is 2.22. The molecule has 3 rings (SSSR count). The molecule has 19 heavy (non-hydrogen) atoms. The molecule has 0 aliphatic carbocycles. The number of aliphatic hydroxyl groups excluding tert-OH is 1. The van der Waals surface area contributed by atoms with Gasteiger partial charge in [-0.2, -0.15) is 0 Å². The van der Waals surface area contributed by atoms with Crippen LogP contribution in [0.4, 0.5) is 0 Å². The Morgan fingerprint density at radius 3 is 2.89 bits per heavy atom. The molecule has 0 amide bonds. The van der Waals surface area contributed by atoms with Crippen molar-refractivity contribution in [1.82, 2.24) is 9.88 Å². The molecule has 4 heteroatoms. The second kappa shape index (κ2) is 5.55. The molecule has 1 saturated heterocycles. The number of oxazole rings is 1. The molecule has 1 N–H and O–H groups in total. The van der Waals surface area contributed by atoms with Crippen molar-refractivity contribution in [3.8, 4) is 11.5 Å². The summed E-state index contributed by atoms with van der Waals surface area (Å²) < 4.78 is 5.53. The van der Waals surface area contributed by atoms with E-state index in [0.717, 1.165) is 37.3 Å². The van der Waals surface area contributed by atoms with Gasteiger partial charge in [-0.05, 0) is 31.0 Å². The Hall–Kier alpha value is -1.65. The molecule has 2 aromatic rings. The third kappa shape index (κ3) is 2.85. The molecule has 0 saturated carbocycles. The summed E-state index contributed by atoms with van der Waals surface area (Å²) in [5, 5.41) is 9.14. The molecule has 1 aromatic heterocycles. The van der Waals surface area contributed by atoms with Gasteiger partial charge in [-0.1, -0.05) is 18.2 Å². The summed E-state index contributed by atoms with van der Waals surface area (Å²) in [5.74, 6) is 1.09. The van der Waals surface area contributed by atoms with Crippen LogP contribution in [0.25, 0.3) is 11.5 Å². The van der Waals surface area contributed by atoms with E-state index in [-0.39, 0.29) is 6.61 Å². The third-order valence-corrected chi connectivity index (χ3v) is 3.59. The Labute approximate surface area is 112 Å². The maximum Gasteiger partial charge on any atom is 0.226 e. The van der Waals surface area contributed by atoms with Gasteiger partial charge >= 0.3 is 0 Å². The van der Waals surface area contributed by atoms with Gasteiger partial charge in [-0.3, -0.25) is 4.90 Å². The van der Waals surface area contributed by atoms with Gasteiger partial charge < -0.3 is 9.52 Å². The minimum absolute atomic E-state index is 0.282. The second-order valence-electron chi connectivity index (χ2n) is 5.08. The zero-order chi connectivity index (χ0) is 13.1. The van der Waals surface area contributed by atoms with E-state index in [1.54, 1.807) is 6.26 Å². The second-order valence-corrected chi connectivity index (χ2v) is 5.08. The van der Waals surface area contributed by atoms with Crippen molar-refractivity contribution < 1.29 is 9.52 Å². The zero-order valence-electron chi connectivity index (χ0n) is 10.8. The number of aliphatic hydroxyl groups is 1. The number of nitrogens with zero attached hydrogens (tertiary/aromatic N) is 2. The first-order valence-corrected chi connectivity index (χ1v) is 6.68.